The summed E-state index contributed by atoms with van der Waals surface area (Å²) in [5, 5.41) is 2.88. The maximum Gasteiger partial charge on any atom is 0.256 e. The quantitative estimate of drug-likeness (QED) is 0.600. The van der Waals surface area contributed by atoms with Gasteiger partial charge in [-0.25, -0.2) is 4.98 Å². The Morgan fingerprint density at radius 2 is 1.88 bits per heavy atom. The molecule has 4 rings (SSSR count). The van der Waals surface area contributed by atoms with Gasteiger partial charge in [0.1, 0.15) is 11.3 Å². The van der Waals surface area contributed by atoms with E-state index in [2.05, 4.69) is 21.3 Å². The second kappa shape index (κ2) is 10.1. The van der Waals surface area contributed by atoms with E-state index in [0.717, 1.165) is 49.2 Å². The number of hydrogen-bond acceptors (Lipinski definition) is 6. The molecule has 1 fully saturated rings. The SMILES string of the molecule is CCOc1ccc(C2CCOCC2)c2ncc(NC(=O)c3ccc(CN(C)C)cc3)nc12. The van der Waals surface area contributed by atoms with E-state index >= 15 is 0 Å². The van der Waals surface area contributed by atoms with Crippen molar-refractivity contribution in [3.8, 4) is 5.75 Å². The number of anilines is 1. The standard InChI is InChI=1S/C25H30N4O3/c1-4-32-21-10-9-20(18-11-13-31-14-12-18)23-24(21)27-22(15-26-23)28-25(30)19-7-5-17(6-8-19)16-29(2)3/h5-10,15,18H,4,11-14,16H2,1-3H3,(H,27,28,30). The molecule has 1 aromatic heterocycles. The Morgan fingerprint density at radius 1 is 1.12 bits per heavy atom. The summed E-state index contributed by atoms with van der Waals surface area (Å²) in [4.78, 5) is 24.3. The maximum atomic E-state index is 12.8. The summed E-state index contributed by atoms with van der Waals surface area (Å²) in [5.74, 6) is 1.26. The zero-order valence-corrected chi connectivity index (χ0v) is 18.9. The van der Waals surface area contributed by atoms with E-state index in [1.54, 1.807) is 6.20 Å². The molecule has 0 atom stereocenters. The highest BCUT2D eigenvalue weighted by Crippen LogP contribution is 2.35. The van der Waals surface area contributed by atoms with Gasteiger partial charge >= 0.3 is 0 Å². The molecule has 2 heterocycles. The van der Waals surface area contributed by atoms with Gasteiger partial charge < -0.3 is 19.7 Å². The fraction of sp³-hybridized carbons (Fsp3) is 0.400. The number of amides is 1. The van der Waals surface area contributed by atoms with Crippen molar-refractivity contribution in [3.63, 3.8) is 0 Å². The fourth-order valence-electron chi connectivity index (χ4n) is 4.08. The molecule has 1 aliphatic rings. The lowest BCUT2D eigenvalue weighted by Gasteiger charge is -2.23. The van der Waals surface area contributed by atoms with E-state index in [4.69, 9.17) is 14.5 Å². The highest BCUT2D eigenvalue weighted by atomic mass is 16.5. The summed E-state index contributed by atoms with van der Waals surface area (Å²) in [6, 6.07) is 11.6. The molecular formula is C25H30N4O3. The largest absolute Gasteiger partial charge is 0.492 e. The summed E-state index contributed by atoms with van der Waals surface area (Å²) in [6.07, 6.45) is 3.55. The van der Waals surface area contributed by atoms with Gasteiger partial charge in [-0.05, 0) is 69.1 Å². The molecule has 1 N–H and O–H groups in total. The molecule has 1 aliphatic heterocycles. The number of nitrogens with one attached hydrogen (secondary N) is 1. The first-order valence-electron chi connectivity index (χ1n) is 11.1. The highest BCUT2D eigenvalue weighted by Gasteiger charge is 2.21. The third-order valence-corrected chi connectivity index (χ3v) is 5.61. The Labute approximate surface area is 188 Å². The summed E-state index contributed by atoms with van der Waals surface area (Å²) < 4.78 is 11.3. The van der Waals surface area contributed by atoms with Gasteiger partial charge in [-0.2, -0.15) is 0 Å². The number of rotatable bonds is 7. The molecule has 1 saturated heterocycles. The second-order valence-electron chi connectivity index (χ2n) is 8.31. The van der Waals surface area contributed by atoms with E-state index in [1.807, 2.05) is 51.4 Å². The maximum absolute atomic E-state index is 12.8. The van der Waals surface area contributed by atoms with Crippen molar-refractivity contribution in [2.75, 3.05) is 39.2 Å². The van der Waals surface area contributed by atoms with Gasteiger partial charge in [0, 0.05) is 25.3 Å². The number of carbonyl (C=O) groups is 1. The van der Waals surface area contributed by atoms with Crippen molar-refractivity contribution >= 4 is 22.8 Å². The van der Waals surface area contributed by atoms with Crippen LogP contribution in [0.4, 0.5) is 5.82 Å². The van der Waals surface area contributed by atoms with Crippen LogP contribution in [-0.2, 0) is 11.3 Å². The summed E-state index contributed by atoms with van der Waals surface area (Å²) in [5.41, 5.74) is 4.40. The third-order valence-electron chi connectivity index (χ3n) is 5.61. The van der Waals surface area contributed by atoms with Crippen LogP contribution in [0.2, 0.25) is 0 Å². The van der Waals surface area contributed by atoms with Gasteiger partial charge in [0.25, 0.3) is 5.91 Å². The van der Waals surface area contributed by atoms with Gasteiger partial charge in [0.2, 0.25) is 0 Å². The van der Waals surface area contributed by atoms with Crippen LogP contribution in [-0.4, -0.2) is 54.7 Å². The number of carbonyl (C=O) groups excluding carboxylic acids is 1. The molecule has 0 bridgehead atoms. The molecule has 7 nitrogen and oxygen atoms in total. The van der Waals surface area contributed by atoms with Crippen molar-refractivity contribution in [1.29, 1.82) is 0 Å². The molecular weight excluding hydrogens is 404 g/mol. The van der Waals surface area contributed by atoms with Crippen molar-refractivity contribution in [2.45, 2.75) is 32.2 Å². The van der Waals surface area contributed by atoms with Gasteiger partial charge in [-0.15, -0.1) is 0 Å². The van der Waals surface area contributed by atoms with Gasteiger partial charge in [0.05, 0.1) is 18.3 Å². The number of ether oxygens (including phenoxy) is 2. The van der Waals surface area contributed by atoms with E-state index in [9.17, 15) is 4.79 Å². The summed E-state index contributed by atoms with van der Waals surface area (Å²) >= 11 is 0. The van der Waals surface area contributed by atoms with Crippen molar-refractivity contribution in [2.24, 2.45) is 0 Å². The van der Waals surface area contributed by atoms with Crippen LogP contribution in [0.25, 0.3) is 11.0 Å². The Kier molecular flexibility index (Phi) is 6.97. The van der Waals surface area contributed by atoms with Crippen LogP contribution in [0.15, 0.2) is 42.6 Å². The number of hydrogen-bond donors (Lipinski definition) is 1. The molecule has 0 saturated carbocycles. The van der Waals surface area contributed by atoms with E-state index in [-0.39, 0.29) is 5.91 Å². The topological polar surface area (TPSA) is 76.6 Å². The first-order valence-corrected chi connectivity index (χ1v) is 11.1. The van der Waals surface area contributed by atoms with E-state index in [0.29, 0.717) is 35.2 Å². The summed E-state index contributed by atoms with van der Waals surface area (Å²) in [7, 11) is 4.03. The Hall–Kier alpha value is -3.03. The fourth-order valence-corrected chi connectivity index (χ4v) is 4.08. The molecule has 168 valence electrons. The van der Waals surface area contributed by atoms with Crippen molar-refractivity contribution < 1.29 is 14.3 Å². The molecule has 32 heavy (non-hydrogen) atoms. The molecule has 2 aromatic carbocycles. The monoisotopic (exact) mass is 434 g/mol. The molecule has 0 spiro atoms. The zero-order chi connectivity index (χ0) is 22.5. The minimum absolute atomic E-state index is 0.214. The Balaban J connectivity index is 1.60. The molecule has 1 amide bonds. The van der Waals surface area contributed by atoms with Crippen LogP contribution in [0.5, 0.6) is 5.75 Å². The molecule has 0 aliphatic carbocycles. The highest BCUT2D eigenvalue weighted by molar-refractivity contribution is 6.04. The zero-order valence-electron chi connectivity index (χ0n) is 18.9. The van der Waals surface area contributed by atoms with E-state index in [1.165, 1.54) is 0 Å². The predicted molar refractivity (Wildman–Crippen MR) is 125 cm³/mol. The average molecular weight is 435 g/mol. The summed E-state index contributed by atoms with van der Waals surface area (Å²) in [6.45, 7) is 4.82. The first-order chi connectivity index (χ1) is 15.5. The number of nitrogens with zero attached hydrogens (tertiary/aromatic N) is 3. The lowest BCUT2D eigenvalue weighted by atomic mass is 9.90. The minimum atomic E-state index is -0.214. The van der Waals surface area contributed by atoms with Gasteiger partial charge in [0.15, 0.2) is 5.82 Å². The molecule has 0 unspecified atom stereocenters. The first kappa shape index (κ1) is 22.2. The van der Waals surface area contributed by atoms with Crippen LogP contribution in [0.1, 0.15) is 47.2 Å². The number of fused-ring (bicyclic) bond motifs is 1. The Bertz CT molecular complexity index is 1080. The van der Waals surface area contributed by atoms with Crippen LogP contribution in [0, 0.1) is 0 Å². The molecule has 3 aromatic rings. The van der Waals surface area contributed by atoms with Crippen molar-refractivity contribution in [3.05, 3.63) is 59.3 Å². The second-order valence-corrected chi connectivity index (χ2v) is 8.31. The Morgan fingerprint density at radius 3 is 2.56 bits per heavy atom. The van der Waals surface area contributed by atoms with Crippen molar-refractivity contribution in [1.82, 2.24) is 14.9 Å². The number of aromatic nitrogens is 2. The van der Waals surface area contributed by atoms with E-state index < -0.39 is 0 Å². The molecule has 7 heteroatoms. The van der Waals surface area contributed by atoms with Gasteiger partial charge in [-0.3, -0.25) is 9.78 Å². The lowest BCUT2D eigenvalue weighted by Crippen LogP contribution is -2.16. The molecule has 0 radical (unpaired) electrons. The van der Waals surface area contributed by atoms with Crippen LogP contribution >= 0.6 is 0 Å². The third kappa shape index (κ3) is 5.06. The van der Waals surface area contributed by atoms with Gasteiger partial charge in [-0.1, -0.05) is 18.2 Å². The normalized spacial score (nSPS) is 14.6. The lowest BCUT2D eigenvalue weighted by molar-refractivity contribution is 0.0855. The smallest absolute Gasteiger partial charge is 0.256 e. The van der Waals surface area contributed by atoms with Crippen LogP contribution < -0.4 is 10.1 Å². The average Bonchev–Trinajstić information content (AvgIpc) is 2.80. The number of benzene rings is 2. The minimum Gasteiger partial charge on any atom is -0.492 e. The predicted octanol–water partition coefficient (Wildman–Crippen LogP) is 4.24. The van der Waals surface area contributed by atoms with Crippen LogP contribution in [0.3, 0.4) is 0 Å².